The summed E-state index contributed by atoms with van der Waals surface area (Å²) in [6, 6.07) is 10.5. The Morgan fingerprint density at radius 3 is 2.24 bits per heavy atom. The van der Waals surface area contributed by atoms with Gasteiger partial charge in [-0.25, -0.2) is 4.98 Å². The first-order chi connectivity index (χ1) is 12.0. The molecule has 4 rings (SSSR count). The first-order valence-electron chi connectivity index (χ1n) is 8.66. The Balaban J connectivity index is 1.55. The number of halogens is 1. The fourth-order valence-corrected chi connectivity index (χ4v) is 4.77. The number of aromatic nitrogens is 1. The lowest BCUT2D eigenvalue weighted by Crippen LogP contribution is -2.46. The van der Waals surface area contributed by atoms with Gasteiger partial charge in [-0.3, -0.25) is 0 Å². The Morgan fingerprint density at radius 1 is 0.880 bits per heavy atom. The molecule has 2 heterocycles. The molecule has 1 aromatic heterocycles. The van der Waals surface area contributed by atoms with Gasteiger partial charge in [0.1, 0.15) is 0 Å². The molecule has 0 radical (unpaired) electrons. The molecule has 3 nitrogen and oxygen atoms in total. The van der Waals surface area contributed by atoms with Crippen molar-refractivity contribution < 1.29 is 0 Å². The molecule has 3 aromatic rings. The Hall–Kier alpha value is -1.78. The smallest absolute Gasteiger partial charge is 0.186 e. The second-order valence-corrected chi connectivity index (χ2v) is 8.19. The summed E-state index contributed by atoms with van der Waals surface area (Å²) >= 11 is 8.01. The Morgan fingerprint density at radius 2 is 1.52 bits per heavy atom. The minimum atomic E-state index is 0.806. The zero-order valence-electron chi connectivity index (χ0n) is 14.8. The van der Waals surface area contributed by atoms with Crippen LogP contribution in [0.25, 0.3) is 10.2 Å². The van der Waals surface area contributed by atoms with E-state index in [-0.39, 0.29) is 0 Å². The maximum absolute atomic E-state index is 6.19. The minimum absolute atomic E-state index is 0.806. The summed E-state index contributed by atoms with van der Waals surface area (Å²) in [6.45, 7) is 10.4. The van der Waals surface area contributed by atoms with Gasteiger partial charge in [0, 0.05) is 36.9 Å². The highest BCUT2D eigenvalue weighted by Gasteiger charge is 2.21. The summed E-state index contributed by atoms with van der Waals surface area (Å²) in [5.41, 5.74) is 6.27. The van der Waals surface area contributed by atoms with E-state index in [1.54, 1.807) is 0 Å². The third kappa shape index (κ3) is 3.09. The highest BCUT2D eigenvalue weighted by atomic mass is 35.5. The van der Waals surface area contributed by atoms with Gasteiger partial charge in [0.25, 0.3) is 0 Å². The highest BCUT2D eigenvalue weighted by molar-refractivity contribution is 7.22. The van der Waals surface area contributed by atoms with Gasteiger partial charge in [-0.15, -0.1) is 0 Å². The molecule has 1 saturated heterocycles. The van der Waals surface area contributed by atoms with E-state index in [1.165, 1.54) is 27.1 Å². The summed E-state index contributed by atoms with van der Waals surface area (Å²) in [4.78, 5) is 9.78. The summed E-state index contributed by atoms with van der Waals surface area (Å²) < 4.78 is 1.32. The van der Waals surface area contributed by atoms with Crippen LogP contribution in [-0.2, 0) is 0 Å². The first-order valence-corrected chi connectivity index (χ1v) is 9.85. The van der Waals surface area contributed by atoms with Crippen molar-refractivity contribution >= 4 is 44.0 Å². The van der Waals surface area contributed by atoms with Crippen LogP contribution in [0.1, 0.15) is 16.7 Å². The fourth-order valence-electron chi connectivity index (χ4n) is 3.45. The molecule has 1 aliphatic heterocycles. The zero-order valence-corrected chi connectivity index (χ0v) is 16.4. The number of hydrogen-bond donors (Lipinski definition) is 0. The van der Waals surface area contributed by atoms with E-state index in [9.17, 15) is 0 Å². The van der Waals surface area contributed by atoms with E-state index in [0.717, 1.165) is 41.8 Å². The number of piperazine rings is 1. The second kappa shape index (κ2) is 6.50. The van der Waals surface area contributed by atoms with Gasteiger partial charge in [-0.2, -0.15) is 0 Å². The molecular weight excluding hydrogens is 350 g/mol. The van der Waals surface area contributed by atoms with Crippen LogP contribution in [0.4, 0.5) is 10.8 Å². The Kier molecular flexibility index (Phi) is 4.34. The fraction of sp³-hybridized carbons (Fsp3) is 0.350. The van der Waals surface area contributed by atoms with Crippen LogP contribution in [0, 0.1) is 20.8 Å². The molecule has 25 heavy (non-hydrogen) atoms. The number of rotatable bonds is 2. The van der Waals surface area contributed by atoms with Crippen LogP contribution < -0.4 is 9.80 Å². The monoisotopic (exact) mass is 371 g/mol. The number of fused-ring (bicyclic) bond motifs is 1. The van der Waals surface area contributed by atoms with Crippen LogP contribution >= 0.6 is 22.9 Å². The third-order valence-electron chi connectivity index (χ3n) is 4.99. The SMILES string of the molecule is Cc1ccc(Cl)cc1N1CCN(c2nc3c(C)ccc(C)c3s2)CC1. The van der Waals surface area contributed by atoms with Crippen molar-refractivity contribution in [2.45, 2.75) is 20.8 Å². The van der Waals surface area contributed by atoms with E-state index in [0.29, 0.717) is 0 Å². The summed E-state index contributed by atoms with van der Waals surface area (Å²) in [5.74, 6) is 0. The molecule has 0 N–H and O–H groups in total. The Bertz CT molecular complexity index is 887. The van der Waals surface area contributed by atoms with Crippen LogP contribution in [-0.4, -0.2) is 31.2 Å². The lowest BCUT2D eigenvalue weighted by atomic mass is 10.1. The molecule has 0 atom stereocenters. The van der Waals surface area contributed by atoms with Crippen molar-refractivity contribution in [3.63, 3.8) is 0 Å². The van der Waals surface area contributed by atoms with Crippen molar-refractivity contribution in [3.8, 4) is 0 Å². The predicted molar refractivity (Wildman–Crippen MR) is 110 cm³/mol. The van der Waals surface area contributed by atoms with Crippen LogP contribution in [0.15, 0.2) is 30.3 Å². The normalized spacial score (nSPS) is 15.2. The highest BCUT2D eigenvalue weighted by Crippen LogP contribution is 2.34. The van der Waals surface area contributed by atoms with E-state index in [1.807, 2.05) is 17.4 Å². The van der Waals surface area contributed by atoms with Crippen molar-refractivity contribution in [1.29, 1.82) is 0 Å². The molecule has 130 valence electrons. The third-order valence-corrected chi connectivity index (χ3v) is 6.48. The average Bonchev–Trinajstić information content (AvgIpc) is 3.07. The van der Waals surface area contributed by atoms with Crippen molar-refractivity contribution in [2.24, 2.45) is 0 Å². The number of hydrogen-bond acceptors (Lipinski definition) is 4. The molecule has 0 saturated carbocycles. The van der Waals surface area contributed by atoms with E-state index in [4.69, 9.17) is 16.6 Å². The standard InChI is InChI=1S/C20H22ClN3S/c1-13-6-7-16(21)12-17(13)23-8-10-24(11-9-23)20-22-18-14(2)4-5-15(3)19(18)25-20/h4-7,12H,8-11H2,1-3H3. The molecule has 0 spiro atoms. The van der Waals surface area contributed by atoms with Gasteiger partial charge in [-0.05, 0) is 49.6 Å². The number of thiazole rings is 1. The van der Waals surface area contributed by atoms with E-state index >= 15 is 0 Å². The molecule has 1 fully saturated rings. The molecule has 0 bridgehead atoms. The molecule has 5 heteroatoms. The lowest BCUT2D eigenvalue weighted by molar-refractivity contribution is 0.651. The maximum atomic E-state index is 6.19. The second-order valence-electron chi connectivity index (χ2n) is 6.78. The molecule has 0 aliphatic carbocycles. The quantitative estimate of drug-likeness (QED) is 0.617. The topological polar surface area (TPSA) is 19.4 Å². The number of aryl methyl sites for hydroxylation is 3. The van der Waals surface area contributed by atoms with Gasteiger partial charge >= 0.3 is 0 Å². The minimum Gasteiger partial charge on any atom is -0.368 e. The van der Waals surface area contributed by atoms with Crippen molar-refractivity contribution in [1.82, 2.24) is 4.98 Å². The number of nitrogens with zero attached hydrogens (tertiary/aromatic N) is 3. The van der Waals surface area contributed by atoms with Crippen LogP contribution in [0.2, 0.25) is 5.02 Å². The first kappa shape index (κ1) is 16.7. The van der Waals surface area contributed by atoms with Gasteiger partial charge in [0.15, 0.2) is 5.13 Å². The number of anilines is 2. The predicted octanol–water partition coefficient (Wildman–Crippen LogP) is 5.20. The molecule has 1 aliphatic rings. The van der Waals surface area contributed by atoms with Crippen LogP contribution in [0.3, 0.4) is 0 Å². The zero-order chi connectivity index (χ0) is 17.6. The molecular formula is C20H22ClN3S. The molecule has 0 amide bonds. The average molecular weight is 372 g/mol. The largest absolute Gasteiger partial charge is 0.368 e. The summed E-state index contributed by atoms with van der Waals surface area (Å²) in [7, 11) is 0. The van der Waals surface area contributed by atoms with Crippen LogP contribution in [0.5, 0.6) is 0 Å². The van der Waals surface area contributed by atoms with E-state index in [2.05, 4.69) is 54.8 Å². The molecule has 0 unspecified atom stereocenters. The maximum Gasteiger partial charge on any atom is 0.186 e. The van der Waals surface area contributed by atoms with Crippen molar-refractivity contribution in [2.75, 3.05) is 36.0 Å². The van der Waals surface area contributed by atoms with Gasteiger partial charge in [0.05, 0.1) is 10.2 Å². The van der Waals surface area contributed by atoms with Gasteiger partial charge < -0.3 is 9.80 Å². The number of benzene rings is 2. The van der Waals surface area contributed by atoms with Gasteiger partial charge in [-0.1, -0.05) is 41.1 Å². The van der Waals surface area contributed by atoms with Crippen molar-refractivity contribution in [3.05, 3.63) is 52.0 Å². The van der Waals surface area contributed by atoms with Gasteiger partial charge in [0.2, 0.25) is 0 Å². The summed E-state index contributed by atoms with van der Waals surface area (Å²) in [5, 5.41) is 1.95. The Labute approximate surface area is 157 Å². The summed E-state index contributed by atoms with van der Waals surface area (Å²) in [6.07, 6.45) is 0. The molecule has 2 aromatic carbocycles. The van der Waals surface area contributed by atoms with E-state index < -0.39 is 0 Å². The lowest BCUT2D eigenvalue weighted by Gasteiger charge is -2.36.